The third kappa shape index (κ3) is 3.51. The van der Waals surface area contributed by atoms with E-state index in [0.29, 0.717) is 22.8 Å². The number of aryl methyl sites for hydroxylation is 1. The molecule has 0 spiro atoms. The van der Waals surface area contributed by atoms with E-state index in [1.165, 1.54) is 28.7 Å². The molecule has 3 heterocycles. The summed E-state index contributed by atoms with van der Waals surface area (Å²) in [5, 5.41) is 5.29. The molecule has 0 fully saturated rings. The first-order valence-electron chi connectivity index (χ1n) is 7.99. The summed E-state index contributed by atoms with van der Waals surface area (Å²) < 4.78 is 15.7. The van der Waals surface area contributed by atoms with E-state index in [0.717, 1.165) is 15.5 Å². The molecule has 0 radical (unpaired) electrons. The highest BCUT2D eigenvalue weighted by Crippen LogP contribution is 2.26. The number of nitrogens with one attached hydrogen (secondary N) is 1. The van der Waals surface area contributed by atoms with Gasteiger partial charge in [-0.3, -0.25) is 9.20 Å². The van der Waals surface area contributed by atoms with Crippen LogP contribution in [-0.4, -0.2) is 20.3 Å². The number of amides is 1. The van der Waals surface area contributed by atoms with Crippen LogP contribution in [0.4, 0.5) is 9.52 Å². The maximum absolute atomic E-state index is 13.8. The molecule has 3 aromatic heterocycles. The summed E-state index contributed by atoms with van der Waals surface area (Å²) in [5.41, 5.74) is 2.14. The van der Waals surface area contributed by atoms with Crippen LogP contribution in [0, 0.1) is 12.7 Å². The highest BCUT2D eigenvalue weighted by atomic mass is 32.1. The Bertz CT molecular complexity index is 1050. The van der Waals surface area contributed by atoms with Gasteiger partial charge < -0.3 is 5.32 Å². The molecule has 0 unspecified atom stereocenters. The number of anilines is 1. The van der Waals surface area contributed by atoms with Crippen molar-refractivity contribution in [1.29, 1.82) is 0 Å². The minimum absolute atomic E-state index is 0.165. The second-order valence-electron chi connectivity index (χ2n) is 5.85. The molecule has 0 atom stereocenters. The molecule has 26 heavy (non-hydrogen) atoms. The number of fused-ring (bicyclic) bond motifs is 1. The summed E-state index contributed by atoms with van der Waals surface area (Å²) in [6, 6.07) is 6.69. The molecule has 5 nitrogen and oxygen atoms in total. The molecule has 1 amide bonds. The number of halogens is 1. The van der Waals surface area contributed by atoms with Crippen molar-refractivity contribution < 1.29 is 9.18 Å². The molecule has 4 aromatic rings. The summed E-state index contributed by atoms with van der Waals surface area (Å²) in [6.45, 7) is 1.87. The Morgan fingerprint density at radius 3 is 2.96 bits per heavy atom. The smallest absolute Gasteiger partial charge is 0.232 e. The lowest BCUT2D eigenvalue weighted by Gasteiger charge is -2.01. The van der Waals surface area contributed by atoms with Crippen LogP contribution in [0.25, 0.3) is 4.96 Å². The number of aromatic nitrogens is 3. The first kappa shape index (κ1) is 16.9. The van der Waals surface area contributed by atoms with Crippen LogP contribution in [0.2, 0.25) is 0 Å². The predicted molar refractivity (Wildman–Crippen MR) is 101 cm³/mol. The Morgan fingerprint density at radius 2 is 2.15 bits per heavy atom. The number of hydrogen-bond acceptors (Lipinski definition) is 5. The number of carbonyl (C=O) groups is 1. The molecule has 0 aliphatic carbocycles. The van der Waals surface area contributed by atoms with Crippen LogP contribution in [-0.2, 0) is 17.6 Å². The molecular formula is C18H15FN4OS2. The van der Waals surface area contributed by atoms with Crippen LogP contribution < -0.4 is 5.32 Å². The number of rotatable bonds is 5. The van der Waals surface area contributed by atoms with Gasteiger partial charge >= 0.3 is 0 Å². The van der Waals surface area contributed by atoms with Crippen molar-refractivity contribution in [3.8, 4) is 0 Å². The third-order valence-corrected chi connectivity index (χ3v) is 5.78. The molecule has 0 saturated carbocycles. The van der Waals surface area contributed by atoms with Crippen LogP contribution >= 0.6 is 22.7 Å². The number of hydrogen-bond donors (Lipinski definition) is 1. The molecule has 0 aliphatic heterocycles. The van der Waals surface area contributed by atoms with Crippen molar-refractivity contribution in [3.63, 3.8) is 0 Å². The summed E-state index contributed by atoms with van der Waals surface area (Å²) >= 11 is 2.90. The van der Waals surface area contributed by atoms with E-state index in [2.05, 4.69) is 15.3 Å². The van der Waals surface area contributed by atoms with Crippen molar-refractivity contribution in [2.24, 2.45) is 0 Å². The number of carbonyl (C=O) groups excluding carboxylic acids is 1. The van der Waals surface area contributed by atoms with Crippen molar-refractivity contribution >= 4 is 38.7 Å². The molecule has 0 bridgehead atoms. The topological polar surface area (TPSA) is 59.3 Å². The maximum Gasteiger partial charge on any atom is 0.232 e. The highest BCUT2D eigenvalue weighted by Gasteiger charge is 2.14. The summed E-state index contributed by atoms with van der Waals surface area (Å²) in [7, 11) is 0. The standard InChI is InChI=1S/C18H15FN4OS2/c1-11-15(8-12-4-2-3-5-14(12)19)26-17(20-11)22-16(24)9-13-10-23-6-7-25-18(23)21-13/h2-7,10H,8-9H2,1H3,(H,20,22,24). The second kappa shape index (κ2) is 6.97. The fourth-order valence-electron chi connectivity index (χ4n) is 2.65. The van der Waals surface area contributed by atoms with Crippen LogP contribution in [0.15, 0.2) is 42.0 Å². The lowest BCUT2D eigenvalue weighted by atomic mass is 10.1. The molecule has 1 aromatic carbocycles. The van der Waals surface area contributed by atoms with Crippen molar-refractivity contribution in [2.75, 3.05) is 5.32 Å². The van der Waals surface area contributed by atoms with Crippen molar-refractivity contribution in [2.45, 2.75) is 19.8 Å². The fourth-order valence-corrected chi connectivity index (χ4v) is 4.37. The Morgan fingerprint density at radius 1 is 1.31 bits per heavy atom. The number of benzene rings is 1. The first-order valence-corrected chi connectivity index (χ1v) is 9.69. The van der Waals surface area contributed by atoms with Gasteiger partial charge in [0.15, 0.2) is 10.1 Å². The Balaban J connectivity index is 1.44. The van der Waals surface area contributed by atoms with E-state index < -0.39 is 0 Å². The monoisotopic (exact) mass is 386 g/mol. The maximum atomic E-state index is 13.8. The van der Waals surface area contributed by atoms with Gasteiger partial charge in [0.25, 0.3) is 0 Å². The first-order chi connectivity index (χ1) is 12.6. The molecule has 0 saturated heterocycles. The van der Waals surface area contributed by atoms with E-state index >= 15 is 0 Å². The second-order valence-corrected chi connectivity index (χ2v) is 7.80. The summed E-state index contributed by atoms with van der Waals surface area (Å²) in [4.78, 5) is 22.9. The Hall–Kier alpha value is -2.58. The van der Waals surface area contributed by atoms with Crippen LogP contribution in [0.3, 0.4) is 0 Å². The van der Waals surface area contributed by atoms with Crippen molar-refractivity contribution in [1.82, 2.24) is 14.4 Å². The van der Waals surface area contributed by atoms with Gasteiger partial charge in [-0.1, -0.05) is 18.2 Å². The lowest BCUT2D eigenvalue weighted by Crippen LogP contribution is -2.14. The predicted octanol–water partition coefficient (Wildman–Crippen LogP) is 4.07. The molecular weight excluding hydrogens is 371 g/mol. The zero-order valence-corrected chi connectivity index (χ0v) is 15.5. The number of imidazole rings is 1. The average Bonchev–Trinajstić information content (AvgIpc) is 3.25. The Labute approximate surface area is 157 Å². The van der Waals surface area contributed by atoms with Crippen LogP contribution in [0.5, 0.6) is 0 Å². The van der Waals surface area contributed by atoms with Gasteiger partial charge in [0.05, 0.1) is 17.8 Å². The summed E-state index contributed by atoms with van der Waals surface area (Å²) in [6.07, 6.45) is 4.41. The van der Waals surface area contributed by atoms with Gasteiger partial charge in [0.2, 0.25) is 5.91 Å². The quantitative estimate of drug-likeness (QED) is 0.562. The van der Waals surface area contributed by atoms with Gasteiger partial charge in [0, 0.05) is 29.1 Å². The normalized spacial score (nSPS) is 11.2. The van der Waals surface area contributed by atoms with Gasteiger partial charge in [-0.25, -0.2) is 14.4 Å². The zero-order valence-electron chi connectivity index (χ0n) is 13.9. The van der Waals surface area contributed by atoms with Crippen LogP contribution in [0.1, 0.15) is 21.8 Å². The number of thiazole rings is 2. The van der Waals surface area contributed by atoms with E-state index in [4.69, 9.17) is 0 Å². The molecule has 4 rings (SSSR count). The van der Waals surface area contributed by atoms with Crippen molar-refractivity contribution in [3.05, 3.63) is 69.7 Å². The fraction of sp³-hybridized carbons (Fsp3) is 0.167. The lowest BCUT2D eigenvalue weighted by molar-refractivity contribution is -0.115. The van der Waals surface area contributed by atoms with E-state index in [1.54, 1.807) is 12.1 Å². The SMILES string of the molecule is Cc1nc(NC(=O)Cc2cn3ccsc3n2)sc1Cc1ccccc1F. The molecule has 132 valence electrons. The van der Waals surface area contributed by atoms with Gasteiger partial charge in [-0.15, -0.1) is 22.7 Å². The third-order valence-electron chi connectivity index (χ3n) is 3.93. The zero-order chi connectivity index (χ0) is 18.1. The molecule has 1 N–H and O–H groups in total. The summed E-state index contributed by atoms with van der Waals surface area (Å²) in [5.74, 6) is -0.396. The minimum atomic E-state index is -0.231. The highest BCUT2D eigenvalue weighted by molar-refractivity contribution is 7.16. The molecule has 8 heteroatoms. The largest absolute Gasteiger partial charge is 0.302 e. The minimum Gasteiger partial charge on any atom is -0.302 e. The van der Waals surface area contributed by atoms with Gasteiger partial charge in [0.1, 0.15) is 5.82 Å². The van der Waals surface area contributed by atoms with Gasteiger partial charge in [-0.05, 0) is 18.6 Å². The molecule has 0 aliphatic rings. The number of nitrogens with zero attached hydrogens (tertiary/aromatic N) is 3. The van der Waals surface area contributed by atoms with E-state index in [-0.39, 0.29) is 18.1 Å². The van der Waals surface area contributed by atoms with Gasteiger partial charge in [-0.2, -0.15) is 0 Å². The van der Waals surface area contributed by atoms with E-state index in [1.807, 2.05) is 35.2 Å². The average molecular weight is 386 g/mol. The Kier molecular flexibility index (Phi) is 4.52. The van der Waals surface area contributed by atoms with E-state index in [9.17, 15) is 9.18 Å².